The molecule has 1 aliphatic heterocycles. The summed E-state index contributed by atoms with van der Waals surface area (Å²) < 4.78 is 0. The van der Waals surface area contributed by atoms with E-state index < -0.39 is 0 Å². The SMILES string of the molecule is I.O=[N+]([O-])c1ccccc1NCCNC1=NCCCN1. The van der Waals surface area contributed by atoms with Gasteiger partial charge in [-0.25, -0.2) is 0 Å². The number of hydrogen-bond acceptors (Lipinski definition) is 6. The van der Waals surface area contributed by atoms with E-state index in [-0.39, 0.29) is 34.6 Å². The largest absolute Gasteiger partial charge is 0.378 e. The number of hydrogen-bond donors (Lipinski definition) is 3. The fourth-order valence-corrected chi connectivity index (χ4v) is 1.81. The molecule has 8 heteroatoms. The Kier molecular flexibility index (Phi) is 7.05. The normalized spacial score (nSPS) is 13.5. The van der Waals surface area contributed by atoms with E-state index in [1.165, 1.54) is 6.07 Å². The second-order valence-electron chi connectivity index (χ2n) is 4.14. The van der Waals surface area contributed by atoms with Crippen LogP contribution in [0.25, 0.3) is 0 Å². The maximum Gasteiger partial charge on any atom is 0.292 e. The smallest absolute Gasteiger partial charge is 0.292 e. The Labute approximate surface area is 134 Å². The number of guanidine groups is 1. The minimum absolute atomic E-state index is 0. The number of anilines is 1. The molecule has 0 amide bonds. The highest BCUT2D eigenvalue weighted by Crippen LogP contribution is 2.22. The molecule has 1 heterocycles. The average Bonchev–Trinajstić information content (AvgIpc) is 2.45. The Balaban J connectivity index is 0.00000200. The molecule has 0 bridgehead atoms. The van der Waals surface area contributed by atoms with Gasteiger partial charge >= 0.3 is 0 Å². The van der Waals surface area contributed by atoms with Crippen molar-refractivity contribution in [2.45, 2.75) is 6.42 Å². The van der Waals surface area contributed by atoms with E-state index in [1.54, 1.807) is 18.2 Å². The van der Waals surface area contributed by atoms with Gasteiger partial charge in [0.1, 0.15) is 5.69 Å². The Morgan fingerprint density at radius 2 is 2.05 bits per heavy atom. The van der Waals surface area contributed by atoms with Crippen molar-refractivity contribution in [3.63, 3.8) is 0 Å². The van der Waals surface area contributed by atoms with Crippen LogP contribution in [0.2, 0.25) is 0 Å². The predicted molar refractivity (Wildman–Crippen MR) is 89.9 cm³/mol. The second kappa shape index (κ2) is 8.56. The summed E-state index contributed by atoms with van der Waals surface area (Å²) in [6.45, 7) is 3.01. The van der Waals surface area contributed by atoms with Gasteiger partial charge in [0.15, 0.2) is 5.96 Å². The van der Waals surface area contributed by atoms with E-state index in [2.05, 4.69) is 20.9 Å². The van der Waals surface area contributed by atoms with Crippen molar-refractivity contribution < 1.29 is 4.92 Å². The van der Waals surface area contributed by atoms with Gasteiger partial charge in [-0.3, -0.25) is 15.1 Å². The zero-order chi connectivity index (χ0) is 13.5. The molecule has 1 aromatic carbocycles. The quantitative estimate of drug-likeness (QED) is 0.307. The van der Waals surface area contributed by atoms with E-state index in [1.807, 2.05) is 0 Å². The van der Waals surface area contributed by atoms with Crippen LogP contribution in [-0.2, 0) is 0 Å². The fraction of sp³-hybridized carbons (Fsp3) is 0.417. The lowest BCUT2D eigenvalue weighted by Crippen LogP contribution is -2.42. The summed E-state index contributed by atoms with van der Waals surface area (Å²) in [5.41, 5.74) is 0.628. The van der Waals surface area contributed by atoms with Gasteiger partial charge in [-0.05, 0) is 12.5 Å². The second-order valence-corrected chi connectivity index (χ2v) is 4.14. The molecule has 0 radical (unpaired) electrons. The first-order valence-corrected chi connectivity index (χ1v) is 6.27. The summed E-state index contributed by atoms with van der Waals surface area (Å²) in [6, 6.07) is 6.62. The number of nitrogens with zero attached hydrogens (tertiary/aromatic N) is 2. The van der Waals surface area contributed by atoms with Crippen molar-refractivity contribution in [2.75, 3.05) is 31.5 Å². The van der Waals surface area contributed by atoms with Crippen LogP contribution in [0, 0.1) is 10.1 Å². The third-order valence-corrected chi connectivity index (χ3v) is 2.73. The van der Waals surface area contributed by atoms with E-state index in [9.17, 15) is 10.1 Å². The van der Waals surface area contributed by atoms with Gasteiger partial charge in [0.05, 0.1) is 4.92 Å². The third kappa shape index (κ3) is 4.83. The molecule has 0 unspecified atom stereocenters. The lowest BCUT2D eigenvalue weighted by Gasteiger charge is -2.16. The number of nitro benzene ring substituents is 1. The highest BCUT2D eigenvalue weighted by molar-refractivity contribution is 14.0. The summed E-state index contributed by atoms with van der Waals surface area (Å²) in [6.07, 6.45) is 1.06. The molecule has 1 aliphatic rings. The van der Waals surface area contributed by atoms with Crippen molar-refractivity contribution >= 4 is 41.3 Å². The molecule has 110 valence electrons. The number of nitrogens with one attached hydrogen (secondary N) is 3. The van der Waals surface area contributed by atoms with Crippen molar-refractivity contribution in [3.05, 3.63) is 34.4 Å². The van der Waals surface area contributed by atoms with Gasteiger partial charge in [-0.1, -0.05) is 12.1 Å². The number of benzene rings is 1. The maximum absolute atomic E-state index is 10.8. The number of rotatable bonds is 5. The van der Waals surface area contributed by atoms with E-state index in [4.69, 9.17) is 0 Å². The number of nitro groups is 1. The molecular weight excluding hydrogens is 373 g/mol. The zero-order valence-electron chi connectivity index (χ0n) is 11.0. The fourth-order valence-electron chi connectivity index (χ4n) is 1.81. The first kappa shape index (κ1) is 16.5. The molecule has 3 N–H and O–H groups in total. The maximum atomic E-state index is 10.8. The van der Waals surface area contributed by atoms with Crippen molar-refractivity contribution in [1.29, 1.82) is 0 Å². The van der Waals surface area contributed by atoms with Gasteiger partial charge < -0.3 is 16.0 Å². The number of halogens is 1. The van der Waals surface area contributed by atoms with E-state index in [0.717, 1.165) is 25.5 Å². The van der Waals surface area contributed by atoms with Crippen LogP contribution < -0.4 is 16.0 Å². The van der Waals surface area contributed by atoms with Gasteiger partial charge in [0.25, 0.3) is 5.69 Å². The molecule has 0 aromatic heterocycles. The predicted octanol–water partition coefficient (Wildman–Crippen LogP) is 1.56. The molecular formula is C12H18IN5O2. The van der Waals surface area contributed by atoms with Crippen LogP contribution >= 0.6 is 24.0 Å². The van der Waals surface area contributed by atoms with E-state index in [0.29, 0.717) is 18.8 Å². The molecule has 1 aromatic rings. The lowest BCUT2D eigenvalue weighted by atomic mass is 10.2. The summed E-state index contributed by atoms with van der Waals surface area (Å²) in [5.74, 6) is 0.801. The molecule has 0 atom stereocenters. The average molecular weight is 391 g/mol. The van der Waals surface area contributed by atoms with E-state index >= 15 is 0 Å². The summed E-state index contributed by atoms with van der Waals surface area (Å²) in [4.78, 5) is 14.7. The molecule has 2 rings (SSSR count). The summed E-state index contributed by atoms with van der Waals surface area (Å²) >= 11 is 0. The van der Waals surface area contributed by atoms with Crippen molar-refractivity contribution in [1.82, 2.24) is 10.6 Å². The first-order chi connectivity index (χ1) is 9.27. The van der Waals surface area contributed by atoms with Gasteiger partial charge in [-0.2, -0.15) is 0 Å². The minimum Gasteiger partial charge on any atom is -0.378 e. The Morgan fingerprint density at radius 1 is 1.30 bits per heavy atom. The molecule has 7 nitrogen and oxygen atoms in total. The number of para-hydroxylation sites is 2. The minimum atomic E-state index is -0.386. The monoisotopic (exact) mass is 391 g/mol. The topological polar surface area (TPSA) is 91.6 Å². The third-order valence-electron chi connectivity index (χ3n) is 2.73. The van der Waals surface area contributed by atoms with Crippen molar-refractivity contribution in [3.8, 4) is 0 Å². The van der Waals surface area contributed by atoms with Crippen LogP contribution in [0.3, 0.4) is 0 Å². The molecule has 0 spiro atoms. The Hall–Kier alpha value is -1.58. The van der Waals surface area contributed by atoms with Gasteiger partial charge in [-0.15, -0.1) is 24.0 Å². The van der Waals surface area contributed by atoms with Crippen LogP contribution in [0.1, 0.15) is 6.42 Å². The lowest BCUT2D eigenvalue weighted by molar-refractivity contribution is -0.384. The zero-order valence-corrected chi connectivity index (χ0v) is 13.3. The standard InChI is InChI=1S/C12H17N5O2.HI/c18-17(19)11-5-2-1-4-10(11)13-8-9-16-12-14-6-3-7-15-12;/h1-2,4-5,13H,3,6-9H2,(H2,14,15,16);1H. The van der Waals surface area contributed by atoms with Crippen LogP contribution in [-0.4, -0.2) is 37.1 Å². The molecule has 20 heavy (non-hydrogen) atoms. The summed E-state index contributed by atoms with van der Waals surface area (Å²) in [7, 11) is 0. The van der Waals surface area contributed by atoms with Crippen LogP contribution in [0.5, 0.6) is 0 Å². The first-order valence-electron chi connectivity index (χ1n) is 6.27. The molecule has 0 saturated heterocycles. The highest BCUT2D eigenvalue weighted by atomic mass is 127. The van der Waals surface area contributed by atoms with Crippen LogP contribution in [0.4, 0.5) is 11.4 Å². The molecule has 0 saturated carbocycles. The Morgan fingerprint density at radius 3 is 2.75 bits per heavy atom. The highest BCUT2D eigenvalue weighted by Gasteiger charge is 2.11. The molecule has 0 aliphatic carbocycles. The van der Waals surface area contributed by atoms with Gasteiger partial charge in [0.2, 0.25) is 0 Å². The molecule has 0 fully saturated rings. The van der Waals surface area contributed by atoms with Gasteiger partial charge in [0, 0.05) is 32.2 Å². The number of aliphatic imine (C=N–C) groups is 1. The van der Waals surface area contributed by atoms with Crippen molar-refractivity contribution in [2.24, 2.45) is 4.99 Å². The van der Waals surface area contributed by atoms with Crippen LogP contribution in [0.15, 0.2) is 29.3 Å². The summed E-state index contributed by atoms with van der Waals surface area (Å²) in [5, 5.41) is 20.2. The Bertz CT molecular complexity index is 481.